The van der Waals surface area contributed by atoms with Gasteiger partial charge in [0.15, 0.2) is 0 Å². The summed E-state index contributed by atoms with van der Waals surface area (Å²) in [5.74, 6) is 7.98. The molecule has 0 radical (unpaired) electrons. The first-order valence-corrected chi connectivity index (χ1v) is 5.85. The van der Waals surface area contributed by atoms with Gasteiger partial charge < -0.3 is 5.43 Å². The second-order valence-corrected chi connectivity index (χ2v) is 4.77. The minimum absolute atomic E-state index is 0.544. The number of aliphatic imine (C=N–C) groups is 1. The molecule has 2 fully saturated rings. The van der Waals surface area contributed by atoms with Crippen LogP contribution in [-0.4, -0.2) is 11.9 Å². The van der Waals surface area contributed by atoms with Crippen LogP contribution in [-0.2, 0) is 0 Å². The molecule has 2 aliphatic carbocycles. The second-order valence-electron chi connectivity index (χ2n) is 4.77. The maximum atomic E-state index is 5.51. The van der Waals surface area contributed by atoms with Crippen molar-refractivity contribution in [3.63, 3.8) is 0 Å². The Kier molecular flexibility index (Phi) is 3.06. The lowest BCUT2D eigenvalue weighted by Crippen LogP contribution is -2.33. The highest BCUT2D eigenvalue weighted by atomic mass is 15.3. The van der Waals surface area contributed by atoms with E-state index in [4.69, 9.17) is 10.8 Å². The molecule has 3 N–H and O–H groups in total. The van der Waals surface area contributed by atoms with Gasteiger partial charge in [0.1, 0.15) is 5.84 Å². The van der Waals surface area contributed by atoms with E-state index in [1.54, 1.807) is 0 Å². The van der Waals surface area contributed by atoms with Gasteiger partial charge in [-0.25, -0.2) is 5.84 Å². The van der Waals surface area contributed by atoms with Crippen LogP contribution in [0.2, 0.25) is 0 Å². The van der Waals surface area contributed by atoms with Crippen LogP contribution in [0.15, 0.2) is 4.99 Å². The van der Waals surface area contributed by atoms with Crippen molar-refractivity contribution >= 4 is 5.84 Å². The predicted molar refractivity (Wildman–Crippen MR) is 58.9 cm³/mol. The largest absolute Gasteiger partial charge is 0.312 e. The lowest BCUT2D eigenvalue weighted by atomic mass is 9.96. The Morgan fingerprint density at radius 3 is 2.43 bits per heavy atom. The maximum absolute atomic E-state index is 5.51. The molecule has 0 bridgehead atoms. The van der Waals surface area contributed by atoms with Gasteiger partial charge in [0.25, 0.3) is 0 Å². The topological polar surface area (TPSA) is 50.4 Å². The number of nitrogens with two attached hydrogens (primary N) is 1. The molecule has 3 nitrogen and oxygen atoms in total. The highest BCUT2D eigenvalue weighted by molar-refractivity contribution is 5.86. The van der Waals surface area contributed by atoms with Crippen molar-refractivity contribution in [3.05, 3.63) is 0 Å². The number of hydrogen-bond acceptors (Lipinski definition) is 2. The van der Waals surface area contributed by atoms with Crippen molar-refractivity contribution < 1.29 is 0 Å². The molecule has 0 saturated heterocycles. The minimum atomic E-state index is 0.544. The average molecular weight is 195 g/mol. The zero-order valence-corrected chi connectivity index (χ0v) is 9.00. The van der Waals surface area contributed by atoms with E-state index in [-0.39, 0.29) is 0 Å². The van der Waals surface area contributed by atoms with Gasteiger partial charge in [-0.1, -0.05) is 26.2 Å². The molecule has 0 spiro atoms. The summed E-state index contributed by atoms with van der Waals surface area (Å²) in [4.78, 5) is 4.75. The van der Waals surface area contributed by atoms with Gasteiger partial charge in [0.2, 0.25) is 0 Å². The van der Waals surface area contributed by atoms with Gasteiger partial charge in [-0.05, 0) is 25.2 Å². The molecular formula is C11H21N3. The normalized spacial score (nSPS) is 34.3. The van der Waals surface area contributed by atoms with E-state index in [1.807, 2.05) is 0 Å². The van der Waals surface area contributed by atoms with Gasteiger partial charge in [0.05, 0.1) is 6.04 Å². The summed E-state index contributed by atoms with van der Waals surface area (Å²) in [6.45, 7) is 2.26. The molecule has 0 aliphatic heterocycles. The molecule has 0 aromatic carbocycles. The van der Waals surface area contributed by atoms with E-state index < -0.39 is 0 Å². The first-order chi connectivity index (χ1) is 6.81. The molecular weight excluding hydrogens is 174 g/mol. The first-order valence-electron chi connectivity index (χ1n) is 5.85. The lowest BCUT2D eigenvalue weighted by Gasteiger charge is -2.19. The van der Waals surface area contributed by atoms with Crippen LogP contribution in [0.1, 0.15) is 45.4 Å². The zero-order valence-electron chi connectivity index (χ0n) is 9.00. The van der Waals surface area contributed by atoms with E-state index in [9.17, 15) is 0 Å². The fraction of sp³-hybridized carbons (Fsp3) is 0.909. The summed E-state index contributed by atoms with van der Waals surface area (Å²) in [7, 11) is 0. The summed E-state index contributed by atoms with van der Waals surface area (Å²) in [5.41, 5.74) is 2.79. The van der Waals surface area contributed by atoms with Crippen molar-refractivity contribution in [1.82, 2.24) is 5.43 Å². The molecule has 80 valence electrons. The Balaban J connectivity index is 1.92. The summed E-state index contributed by atoms with van der Waals surface area (Å²) < 4.78 is 0. The highest BCUT2D eigenvalue weighted by Crippen LogP contribution is 2.38. The van der Waals surface area contributed by atoms with Crippen LogP contribution >= 0.6 is 0 Å². The number of rotatable bonds is 2. The molecule has 2 atom stereocenters. The third-order valence-electron chi connectivity index (χ3n) is 3.50. The molecule has 0 heterocycles. The standard InChI is InChI=1S/C11H21N3/c1-8-7-10(8)11(14-12)13-9-5-3-2-4-6-9/h8-10H,2-7,12H2,1H3,(H,13,14). The van der Waals surface area contributed by atoms with Gasteiger partial charge in [-0.2, -0.15) is 0 Å². The smallest absolute Gasteiger partial charge is 0.114 e. The van der Waals surface area contributed by atoms with Crippen molar-refractivity contribution in [1.29, 1.82) is 0 Å². The summed E-state index contributed by atoms with van der Waals surface area (Å²) in [6.07, 6.45) is 7.84. The second kappa shape index (κ2) is 4.30. The van der Waals surface area contributed by atoms with Crippen LogP contribution in [0.4, 0.5) is 0 Å². The summed E-state index contributed by atoms with van der Waals surface area (Å²) in [5, 5.41) is 0. The Hall–Kier alpha value is -0.570. The van der Waals surface area contributed by atoms with Crippen LogP contribution in [0, 0.1) is 11.8 Å². The molecule has 2 saturated carbocycles. The molecule has 2 unspecified atom stereocenters. The molecule has 3 heteroatoms. The van der Waals surface area contributed by atoms with E-state index in [0.29, 0.717) is 12.0 Å². The summed E-state index contributed by atoms with van der Waals surface area (Å²) in [6, 6.07) is 0.544. The number of hydrazine groups is 1. The zero-order chi connectivity index (χ0) is 9.97. The molecule has 0 aromatic heterocycles. The molecule has 2 rings (SSSR count). The molecule has 0 aromatic rings. The Labute approximate surface area is 86.1 Å². The quantitative estimate of drug-likeness (QED) is 0.306. The van der Waals surface area contributed by atoms with E-state index in [1.165, 1.54) is 38.5 Å². The lowest BCUT2D eigenvalue weighted by molar-refractivity contribution is 0.441. The number of nitrogens with zero attached hydrogens (tertiary/aromatic N) is 1. The van der Waals surface area contributed by atoms with Crippen LogP contribution in [0.25, 0.3) is 0 Å². The monoisotopic (exact) mass is 195 g/mol. The SMILES string of the molecule is CC1CC1C(=NC1CCCCC1)NN. The number of nitrogens with one attached hydrogen (secondary N) is 1. The first kappa shape index (κ1) is 9.97. The highest BCUT2D eigenvalue weighted by Gasteiger charge is 2.37. The van der Waals surface area contributed by atoms with E-state index in [0.717, 1.165) is 11.8 Å². The van der Waals surface area contributed by atoms with Crippen molar-refractivity contribution in [2.24, 2.45) is 22.7 Å². The fourth-order valence-corrected chi connectivity index (χ4v) is 2.35. The van der Waals surface area contributed by atoms with E-state index >= 15 is 0 Å². The maximum Gasteiger partial charge on any atom is 0.114 e. The number of hydrogen-bond donors (Lipinski definition) is 2. The number of amidine groups is 1. The van der Waals surface area contributed by atoms with Crippen molar-refractivity contribution in [2.45, 2.75) is 51.5 Å². The average Bonchev–Trinajstić information content (AvgIpc) is 2.93. The van der Waals surface area contributed by atoms with Crippen molar-refractivity contribution in [2.75, 3.05) is 0 Å². The predicted octanol–water partition coefficient (Wildman–Crippen LogP) is 1.84. The Morgan fingerprint density at radius 1 is 1.29 bits per heavy atom. The third-order valence-corrected chi connectivity index (χ3v) is 3.50. The Bertz CT molecular complexity index is 219. The van der Waals surface area contributed by atoms with Gasteiger partial charge in [-0.3, -0.25) is 4.99 Å². The van der Waals surface area contributed by atoms with Crippen molar-refractivity contribution in [3.8, 4) is 0 Å². The summed E-state index contributed by atoms with van der Waals surface area (Å²) >= 11 is 0. The van der Waals surface area contributed by atoms with Crippen LogP contribution < -0.4 is 11.3 Å². The Morgan fingerprint density at radius 2 is 1.93 bits per heavy atom. The minimum Gasteiger partial charge on any atom is -0.312 e. The molecule has 2 aliphatic rings. The third kappa shape index (κ3) is 2.27. The molecule has 14 heavy (non-hydrogen) atoms. The van der Waals surface area contributed by atoms with Gasteiger partial charge in [0, 0.05) is 5.92 Å². The van der Waals surface area contributed by atoms with Gasteiger partial charge >= 0.3 is 0 Å². The van der Waals surface area contributed by atoms with Gasteiger partial charge in [-0.15, -0.1) is 0 Å². The van der Waals surface area contributed by atoms with Crippen LogP contribution in [0.5, 0.6) is 0 Å². The molecule has 0 amide bonds. The fourth-order valence-electron chi connectivity index (χ4n) is 2.35. The van der Waals surface area contributed by atoms with E-state index in [2.05, 4.69) is 12.3 Å². The van der Waals surface area contributed by atoms with Crippen LogP contribution in [0.3, 0.4) is 0 Å².